The lowest BCUT2D eigenvalue weighted by atomic mass is 10.0. The third kappa shape index (κ3) is 2.68. The molecule has 1 unspecified atom stereocenters. The average molecular weight is 273 g/mol. The summed E-state index contributed by atoms with van der Waals surface area (Å²) in [6, 6.07) is 4.92. The first-order chi connectivity index (χ1) is 8.52. The molecule has 0 aliphatic heterocycles. The van der Waals surface area contributed by atoms with Crippen molar-refractivity contribution in [1.82, 2.24) is 14.9 Å². The highest BCUT2D eigenvalue weighted by Gasteiger charge is 2.31. The number of alkyl halides is 3. The van der Waals surface area contributed by atoms with Crippen LogP contribution in [0.5, 0.6) is 0 Å². The standard InChI is InChI=1S/C11H10F3N3S/c1-15-10(9-6-16-17-18-9)7-3-2-4-8(5-7)11(12,13)14/h2-6,10,15H,1H3. The van der Waals surface area contributed by atoms with E-state index in [1.54, 1.807) is 19.3 Å². The Morgan fingerprint density at radius 2 is 2.11 bits per heavy atom. The molecule has 1 aromatic heterocycles. The van der Waals surface area contributed by atoms with Gasteiger partial charge < -0.3 is 5.32 Å². The number of hydrogen-bond donors (Lipinski definition) is 1. The van der Waals surface area contributed by atoms with Crippen molar-refractivity contribution in [2.24, 2.45) is 0 Å². The van der Waals surface area contributed by atoms with Gasteiger partial charge in [0.05, 0.1) is 22.7 Å². The van der Waals surface area contributed by atoms with E-state index in [0.29, 0.717) is 5.56 Å². The van der Waals surface area contributed by atoms with Gasteiger partial charge in [0.25, 0.3) is 0 Å². The lowest BCUT2D eigenvalue weighted by molar-refractivity contribution is -0.137. The van der Waals surface area contributed by atoms with Gasteiger partial charge in [-0.25, -0.2) is 0 Å². The molecule has 2 aromatic rings. The normalized spacial score (nSPS) is 13.6. The third-order valence-electron chi connectivity index (χ3n) is 2.50. The number of aromatic nitrogens is 2. The minimum atomic E-state index is -4.33. The summed E-state index contributed by atoms with van der Waals surface area (Å²) in [6.07, 6.45) is -2.79. The Kier molecular flexibility index (Phi) is 3.63. The zero-order chi connectivity index (χ0) is 13.2. The molecule has 0 spiro atoms. The second-order valence-corrected chi connectivity index (χ2v) is 4.48. The zero-order valence-corrected chi connectivity index (χ0v) is 10.2. The first-order valence-electron chi connectivity index (χ1n) is 5.14. The largest absolute Gasteiger partial charge is 0.416 e. The molecule has 18 heavy (non-hydrogen) atoms. The Hall–Kier alpha value is -1.47. The first-order valence-corrected chi connectivity index (χ1v) is 5.91. The second kappa shape index (κ2) is 5.03. The molecule has 0 bridgehead atoms. The van der Waals surface area contributed by atoms with Gasteiger partial charge in [0, 0.05) is 0 Å². The minimum Gasteiger partial charge on any atom is -0.309 e. The van der Waals surface area contributed by atoms with E-state index in [2.05, 4.69) is 14.9 Å². The van der Waals surface area contributed by atoms with E-state index in [-0.39, 0.29) is 6.04 Å². The summed E-state index contributed by atoms with van der Waals surface area (Å²) in [4.78, 5) is 0.775. The van der Waals surface area contributed by atoms with Crippen LogP contribution < -0.4 is 5.32 Å². The number of benzene rings is 1. The molecule has 0 aliphatic rings. The van der Waals surface area contributed by atoms with Gasteiger partial charge in [-0.3, -0.25) is 0 Å². The van der Waals surface area contributed by atoms with Crippen LogP contribution in [0.4, 0.5) is 13.2 Å². The Morgan fingerprint density at radius 1 is 1.33 bits per heavy atom. The van der Waals surface area contributed by atoms with Gasteiger partial charge in [0.2, 0.25) is 0 Å². The van der Waals surface area contributed by atoms with Crippen LogP contribution in [-0.2, 0) is 6.18 Å². The van der Waals surface area contributed by atoms with Crippen molar-refractivity contribution in [1.29, 1.82) is 0 Å². The predicted molar refractivity (Wildman–Crippen MR) is 62.3 cm³/mol. The van der Waals surface area contributed by atoms with Crippen LogP contribution >= 0.6 is 11.5 Å². The maximum Gasteiger partial charge on any atom is 0.416 e. The Morgan fingerprint density at radius 3 is 2.67 bits per heavy atom. The molecule has 0 saturated heterocycles. The molecule has 1 atom stereocenters. The molecule has 0 radical (unpaired) electrons. The highest BCUT2D eigenvalue weighted by molar-refractivity contribution is 7.05. The van der Waals surface area contributed by atoms with Crippen LogP contribution in [0.25, 0.3) is 0 Å². The summed E-state index contributed by atoms with van der Waals surface area (Å²) in [5, 5.41) is 6.66. The van der Waals surface area contributed by atoms with Crippen LogP contribution in [0.3, 0.4) is 0 Å². The number of rotatable bonds is 3. The number of halogens is 3. The molecular weight excluding hydrogens is 263 g/mol. The van der Waals surface area contributed by atoms with Gasteiger partial charge in [0.1, 0.15) is 0 Å². The maximum absolute atomic E-state index is 12.6. The fourth-order valence-electron chi connectivity index (χ4n) is 1.67. The van der Waals surface area contributed by atoms with E-state index in [1.165, 1.54) is 6.07 Å². The maximum atomic E-state index is 12.6. The van der Waals surface area contributed by atoms with Gasteiger partial charge >= 0.3 is 6.18 Å². The van der Waals surface area contributed by atoms with Crippen LogP contribution in [0, 0.1) is 0 Å². The van der Waals surface area contributed by atoms with Crippen molar-refractivity contribution >= 4 is 11.5 Å². The van der Waals surface area contributed by atoms with Crippen LogP contribution in [-0.4, -0.2) is 16.6 Å². The molecule has 3 nitrogen and oxygen atoms in total. The molecule has 1 aromatic carbocycles. The van der Waals surface area contributed by atoms with Crippen molar-refractivity contribution in [3.63, 3.8) is 0 Å². The Bertz CT molecular complexity index is 511. The highest BCUT2D eigenvalue weighted by Crippen LogP contribution is 2.32. The topological polar surface area (TPSA) is 37.8 Å². The van der Waals surface area contributed by atoms with Crippen LogP contribution in [0.1, 0.15) is 22.0 Å². The van der Waals surface area contributed by atoms with E-state index in [0.717, 1.165) is 28.5 Å². The third-order valence-corrected chi connectivity index (χ3v) is 3.23. The number of nitrogens with zero attached hydrogens (tertiary/aromatic N) is 2. The second-order valence-electron chi connectivity index (χ2n) is 3.66. The molecular formula is C11H10F3N3S. The molecule has 0 aliphatic carbocycles. The predicted octanol–water partition coefficient (Wildman–Crippen LogP) is 2.87. The summed E-state index contributed by atoms with van der Waals surface area (Å²) in [7, 11) is 1.69. The van der Waals surface area contributed by atoms with Crippen molar-refractivity contribution in [3.05, 3.63) is 46.5 Å². The summed E-state index contributed by atoms with van der Waals surface area (Å²) < 4.78 is 41.6. The lowest BCUT2D eigenvalue weighted by Crippen LogP contribution is -2.17. The molecule has 7 heteroatoms. The average Bonchev–Trinajstić information content (AvgIpc) is 2.83. The summed E-state index contributed by atoms with van der Waals surface area (Å²) in [5.41, 5.74) is -0.115. The number of hydrogen-bond acceptors (Lipinski definition) is 4. The van der Waals surface area contributed by atoms with Crippen molar-refractivity contribution in [2.75, 3.05) is 7.05 Å². The van der Waals surface area contributed by atoms with Gasteiger partial charge in [-0.05, 0) is 36.3 Å². The van der Waals surface area contributed by atoms with E-state index >= 15 is 0 Å². The molecule has 0 amide bonds. The van der Waals surface area contributed by atoms with Crippen molar-refractivity contribution < 1.29 is 13.2 Å². The van der Waals surface area contributed by atoms with Crippen molar-refractivity contribution in [3.8, 4) is 0 Å². The zero-order valence-electron chi connectivity index (χ0n) is 9.40. The molecule has 0 saturated carbocycles. The summed E-state index contributed by atoms with van der Waals surface area (Å²) in [5.74, 6) is 0. The fourth-order valence-corrected chi connectivity index (χ4v) is 2.31. The number of nitrogens with one attached hydrogen (secondary N) is 1. The SMILES string of the molecule is CNC(c1cccc(C(F)(F)F)c1)c1cnns1. The van der Waals surface area contributed by atoms with E-state index in [1.807, 2.05) is 0 Å². The van der Waals surface area contributed by atoms with Crippen LogP contribution in [0.15, 0.2) is 30.5 Å². The van der Waals surface area contributed by atoms with Gasteiger partial charge in [-0.2, -0.15) is 13.2 Å². The smallest absolute Gasteiger partial charge is 0.309 e. The van der Waals surface area contributed by atoms with Crippen LogP contribution in [0.2, 0.25) is 0 Å². The fraction of sp³-hybridized carbons (Fsp3) is 0.273. The molecule has 1 N–H and O–H groups in total. The van der Waals surface area contributed by atoms with Gasteiger partial charge in [-0.1, -0.05) is 16.6 Å². The Balaban J connectivity index is 2.38. The molecule has 96 valence electrons. The highest BCUT2D eigenvalue weighted by atomic mass is 32.1. The summed E-state index contributed by atoms with van der Waals surface area (Å²) >= 11 is 1.16. The van der Waals surface area contributed by atoms with Gasteiger partial charge in [0.15, 0.2) is 0 Å². The van der Waals surface area contributed by atoms with E-state index < -0.39 is 11.7 Å². The Labute approximate surface area is 106 Å². The first kappa shape index (κ1) is 13.0. The van der Waals surface area contributed by atoms with Gasteiger partial charge in [-0.15, -0.1) is 5.10 Å². The molecule has 0 fully saturated rings. The van der Waals surface area contributed by atoms with E-state index in [9.17, 15) is 13.2 Å². The minimum absolute atomic E-state index is 0.327. The lowest BCUT2D eigenvalue weighted by Gasteiger charge is -2.16. The molecule has 1 heterocycles. The molecule has 2 rings (SSSR count). The van der Waals surface area contributed by atoms with Crippen molar-refractivity contribution in [2.45, 2.75) is 12.2 Å². The summed E-state index contributed by atoms with van der Waals surface area (Å²) in [6.45, 7) is 0. The van der Waals surface area contributed by atoms with E-state index in [4.69, 9.17) is 0 Å². The monoisotopic (exact) mass is 273 g/mol. The quantitative estimate of drug-likeness (QED) is 0.934.